The number of likely N-dealkylation sites (N-methyl/N-ethyl adjacent to an activating group) is 1. The molecule has 1 aromatic carbocycles. The molecule has 0 spiro atoms. The first-order chi connectivity index (χ1) is 13.2. The molecular formula is C21H32IN5O. The average Bonchev–Trinajstić information content (AvgIpc) is 2.73. The van der Waals surface area contributed by atoms with Gasteiger partial charge in [-0.2, -0.15) is 0 Å². The molecule has 1 unspecified atom stereocenters. The van der Waals surface area contributed by atoms with Gasteiger partial charge in [0, 0.05) is 32.4 Å². The zero-order valence-electron chi connectivity index (χ0n) is 17.2. The number of guanidine groups is 1. The van der Waals surface area contributed by atoms with Gasteiger partial charge in [0.25, 0.3) is 0 Å². The molecule has 154 valence electrons. The third kappa shape index (κ3) is 7.27. The first-order valence-corrected chi connectivity index (χ1v) is 9.44. The highest BCUT2D eigenvalue weighted by Crippen LogP contribution is 2.19. The lowest BCUT2D eigenvalue weighted by molar-refractivity contribution is 0.219. The summed E-state index contributed by atoms with van der Waals surface area (Å²) in [5, 5.41) is 6.82. The fourth-order valence-electron chi connectivity index (χ4n) is 3.07. The number of pyridine rings is 1. The van der Waals surface area contributed by atoms with E-state index in [1.54, 1.807) is 20.4 Å². The van der Waals surface area contributed by atoms with E-state index in [9.17, 15) is 0 Å². The molecule has 1 heterocycles. The van der Waals surface area contributed by atoms with Gasteiger partial charge in [-0.1, -0.05) is 44.2 Å². The Morgan fingerprint density at radius 2 is 1.86 bits per heavy atom. The fourth-order valence-corrected chi connectivity index (χ4v) is 3.07. The molecular weight excluding hydrogens is 465 g/mol. The number of nitrogens with zero attached hydrogens (tertiary/aromatic N) is 3. The largest absolute Gasteiger partial charge is 0.481 e. The van der Waals surface area contributed by atoms with Crippen LogP contribution in [0.2, 0.25) is 0 Å². The van der Waals surface area contributed by atoms with Crippen LogP contribution in [0.25, 0.3) is 0 Å². The van der Waals surface area contributed by atoms with Crippen molar-refractivity contribution in [2.24, 2.45) is 4.99 Å². The summed E-state index contributed by atoms with van der Waals surface area (Å²) >= 11 is 0. The van der Waals surface area contributed by atoms with Gasteiger partial charge in [-0.05, 0) is 30.3 Å². The van der Waals surface area contributed by atoms with Crippen molar-refractivity contribution in [1.29, 1.82) is 0 Å². The van der Waals surface area contributed by atoms with Crippen molar-refractivity contribution in [2.75, 3.05) is 33.8 Å². The van der Waals surface area contributed by atoms with Crippen LogP contribution in [-0.2, 0) is 6.54 Å². The second kappa shape index (κ2) is 13.3. The third-order valence-corrected chi connectivity index (χ3v) is 4.59. The highest BCUT2D eigenvalue weighted by Gasteiger charge is 2.18. The number of rotatable bonds is 9. The molecule has 1 atom stereocenters. The Bertz CT molecular complexity index is 707. The minimum Gasteiger partial charge on any atom is -0.481 e. The van der Waals surface area contributed by atoms with Crippen LogP contribution < -0.4 is 15.4 Å². The number of hydrogen-bond donors (Lipinski definition) is 2. The Morgan fingerprint density at radius 1 is 1.14 bits per heavy atom. The van der Waals surface area contributed by atoms with Gasteiger partial charge < -0.3 is 15.4 Å². The van der Waals surface area contributed by atoms with E-state index in [0.29, 0.717) is 18.5 Å². The molecule has 28 heavy (non-hydrogen) atoms. The van der Waals surface area contributed by atoms with Crippen molar-refractivity contribution in [1.82, 2.24) is 20.5 Å². The normalized spacial score (nSPS) is 12.2. The first-order valence-electron chi connectivity index (χ1n) is 9.44. The highest BCUT2D eigenvalue weighted by atomic mass is 127. The summed E-state index contributed by atoms with van der Waals surface area (Å²) in [7, 11) is 3.41. The first kappa shape index (κ1) is 24.2. The molecule has 0 aliphatic heterocycles. The van der Waals surface area contributed by atoms with Crippen LogP contribution in [0.4, 0.5) is 0 Å². The van der Waals surface area contributed by atoms with Crippen molar-refractivity contribution >= 4 is 29.9 Å². The zero-order valence-corrected chi connectivity index (χ0v) is 19.5. The van der Waals surface area contributed by atoms with E-state index < -0.39 is 0 Å². The SMILES string of the molecule is CCN(CC)C(CNC(=NC)NCc1ccnc(OC)c1)c1ccccc1.I. The molecule has 0 radical (unpaired) electrons. The standard InChI is InChI=1S/C21H31N5O.HI/c1-5-26(6-2)19(18-10-8-7-9-11-18)16-25-21(22-3)24-15-17-12-13-23-20(14-17)27-4;/h7-14,19H,5-6,15-16H2,1-4H3,(H2,22,24,25);1H. The Morgan fingerprint density at radius 3 is 2.46 bits per heavy atom. The number of methoxy groups -OCH3 is 1. The Labute approximate surface area is 185 Å². The molecule has 1 aromatic heterocycles. The van der Waals surface area contributed by atoms with Crippen LogP contribution in [0.3, 0.4) is 0 Å². The number of aromatic nitrogens is 1. The monoisotopic (exact) mass is 497 g/mol. The molecule has 6 nitrogen and oxygen atoms in total. The number of halogens is 1. The lowest BCUT2D eigenvalue weighted by atomic mass is 10.1. The van der Waals surface area contributed by atoms with Crippen molar-refractivity contribution in [3.63, 3.8) is 0 Å². The summed E-state index contributed by atoms with van der Waals surface area (Å²) in [5.74, 6) is 1.39. The van der Waals surface area contributed by atoms with Crippen LogP contribution in [-0.4, -0.2) is 49.6 Å². The minimum absolute atomic E-state index is 0. The van der Waals surface area contributed by atoms with Crippen LogP contribution in [0.5, 0.6) is 5.88 Å². The number of aliphatic imine (C=N–C) groups is 1. The Hall–Kier alpha value is -1.87. The third-order valence-electron chi connectivity index (χ3n) is 4.59. The molecule has 0 fully saturated rings. The van der Waals surface area contributed by atoms with Gasteiger partial charge in [-0.3, -0.25) is 9.89 Å². The van der Waals surface area contributed by atoms with Crippen molar-refractivity contribution in [3.8, 4) is 5.88 Å². The lowest BCUT2D eigenvalue weighted by Crippen LogP contribution is -2.43. The fraction of sp³-hybridized carbons (Fsp3) is 0.429. The van der Waals surface area contributed by atoms with Gasteiger partial charge in [0.2, 0.25) is 5.88 Å². The van der Waals surface area contributed by atoms with Gasteiger partial charge in [-0.25, -0.2) is 4.98 Å². The predicted molar refractivity (Wildman–Crippen MR) is 127 cm³/mol. The summed E-state index contributed by atoms with van der Waals surface area (Å²) in [6.45, 7) is 7.83. The number of benzene rings is 1. The molecule has 7 heteroatoms. The van der Waals surface area contributed by atoms with Gasteiger partial charge in [-0.15, -0.1) is 24.0 Å². The molecule has 0 aliphatic rings. The van der Waals surface area contributed by atoms with Gasteiger partial charge in [0.05, 0.1) is 13.2 Å². The smallest absolute Gasteiger partial charge is 0.213 e. The van der Waals surface area contributed by atoms with E-state index in [0.717, 1.165) is 31.2 Å². The van der Waals surface area contributed by atoms with E-state index in [1.165, 1.54) is 5.56 Å². The van der Waals surface area contributed by atoms with E-state index in [4.69, 9.17) is 4.74 Å². The molecule has 0 saturated carbocycles. The van der Waals surface area contributed by atoms with E-state index in [-0.39, 0.29) is 24.0 Å². The molecule has 2 rings (SSSR count). The van der Waals surface area contributed by atoms with Gasteiger partial charge in [0.1, 0.15) is 0 Å². The second-order valence-corrected chi connectivity index (χ2v) is 6.16. The van der Waals surface area contributed by atoms with Gasteiger partial charge >= 0.3 is 0 Å². The summed E-state index contributed by atoms with van der Waals surface area (Å²) in [6, 6.07) is 14.8. The molecule has 2 N–H and O–H groups in total. The summed E-state index contributed by atoms with van der Waals surface area (Å²) < 4.78 is 5.18. The number of nitrogens with one attached hydrogen (secondary N) is 2. The minimum atomic E-state index is 0. The molecule has 0 amide bonds. The van der Waals surface area contributed by atoms with Gasteiger partial charge in [0.15, 0.2) is 5.96 Å². The maximum Gasteiger partial charge on any atom is 0.213 e. The topological polar surface area (TPSA) is 61.8 Å². The molecule has 2 aromatic rings. The summed E-state index contributed by atoms with van der Waals surface area (Å²) in [4.78, 5) is 10.9. The maximum absolute atomic E-state index is 5.18. The molecule has 0 aliphatic carbocycles. The van der Waals surface area contributed by atoms with Crippen molar-refractivity contribution in [3.05, 3.63) is 59.8 Å². The summed E-state index contributed by atoms with van der Waals surface area (Å²) in [6.07, 6.45) is 1.75. The van der Waals surface area contributed by atoms with E-state index in [2.05, 4.69) is 69.7 Å². The number of hydrogen-bond acceptors (Lipinski definition) is 4. The average molecular weight is 497 g/mol. The van der Waals surface area contributed by atoms with Crippen LogP contribution in [0, 0.1) is 0 Å². The maximum atomic E-state index is 5.18. The highest BCUT2D eigenvalue weighted by molar-refractivity contribution is 14.0. The molecule has 0 bridgehead atoms. The Balaban J connectivity index is 0.00000392. The Kier molecular flexibility index (Phi) is 11.5. The quantitative estimate of drug-likeness (QED) is 0.316. The van der Waals surface area contributed by atoms with Crippen LogP contribution in [0.1, 0.15) is 31.0 Å². The summed E-state index contributed by atoms with van der Waals surface area (Å²) in [5.41, 5.74) is 2.40. The van der Waals surface area contributed by atoms with Crippen molar-refractivity contribution in [2.45, 2.75) is 26.4 Å². The van der Waals surface area contributed by atoms with Crippen LogP contribution in [0.15, 0.2) is 53.7 Å². The second-order valence-electron chi connectivity index (χ2n) is 6.16. The van der Waals surface area contributed by atoms with Crippen molar-refractivity contribution < 1.29 is 4.74 Å². The van der Waals surface area contributed by atoms with E-state index >= 15 is 0 Å². The predicted octanol–water partition coefficient (Wildman–Crippen LogP) is 3.46. The van der Waals surface area contributed by atoms with E-state index in [1.807, 2.05) is 12.1 Å². The zero-order chi connectivity index (χ0) is 19.5. The molecule has 0 saturated heterocycles. The lowest BCUT2D eigenvalue weighted by Gasteiger charge is -2.30. The van der Waals surface area contributed by atoms with Crippen LogP contribution >= 0.6 is 24.0 Å². The number of ether oxygens (including phenoxy) is 1.